The third-order valence-corrected chi connectivity index (χ3v) is 5.70. The van der Waals surface area contributed by atoms with E-state index in [1.807, 2.05) is 18.3 Å². The summed E-state index contributed by atoms with van der Waals surface area (Å²) >= 11 is 3.46. The van der Waals surface area contributed by atoms with Gasteiger partial charge in [0.05, 0.1) is 39.8 Å². The summed E-state index contributed by atoms with van der Waals surface area (Å²) in [7, 11) is 0. The molecule has 0 aromatic carbocycles. The van der Waals surface area contributed by atoms with E-state index in [1.54, 1.807) is 16.8 Å². The zero-order valence-corrected chi connectivity index (χ0v) is 16.7. The standard InChI is InChI=1S/C19H18BrN7O/c1-11-6-23-10-19(11,16-3-2-12(5-21)7-24-16)26-17-14(18(22)28)8-25-27-9-13(20)4-15(17)27/h2-4,7-9,11,23,26H,6,10H2,1H3,(H2,22,28)/t11-,19+/m0/s1. The van der Waals surface area contributed by atoms with E-state index in [0.717, 1.165) is 22.2 Å². The fourth-order valence-electron chi connectivity index (χ4n) is 3.70. The molecule has 1 amide bonds. The van der Waals surface area contributed by atoms with Crippen molar-refractivity contribution in [1.82, 2.24) is 19.9 Å². The van der Waals surface area contributed by atoms with Gasteiger partial charge in [-0.1, -0.05) is 6.92 Å². The van der Waals surface area contributed by atoms with Crippen LogP contribution in [0.1, 0.15) is 28.5 Å². The number of nitrogens with zero attached hydrogens (tertiary/aromatic N) is 4. The Kier molecular flexibility index (Phi) is 4.53. The summed E-state index contributed by atoms with van der Waals surface area (Å²) in [4.78, 5) is 16.6. The third-order valence-electron chi connectivity index (χ3n) is 5.26. The summed E-state index contributed by atoms with van der Waals surface area (Å²) < 4.78 is 2.53. The van der Waals surface area contributed by atoms with Gasteiger partial charge in [0.25, 0.3) is 5.91 Å². The third kappa shape index (κ3) is 2.91. The maximum Gasteiger partial charge on any atom is 0.252 e. The minimum absolute atomic E-state index is 0.167. The smallest absolute Gasteiger partial charge is 0.252 e. The zero-order chi connectivity index (χ0) is 19.9. The van der Waals surface area contributed by atoms with Gasteiger partial charge in [0.1, 0.15) is 6.07 Å². The first-order valence-electron chi connectivity index (χ1n) is 8.77. The van der Waals surface area contributed by atoms with E-state index >= 15 is 0 Å². The van der Waals surface area contributed by atoms with Crippen LogP contribution in [-0.4, -0.2) is 33.6 Å². The zero-order valence-electron chi connectivity index (χ0n) is 15.1. The highest BCUT2D eigenvalue weighted by atomic mass is 79.9. The van der Waals surface area contributed by atoms with E-state index < -0.39 is 11.4 Å². The first kappa shape index (κ1) is 18.4. The van der Waals surface area contributed by atoms with Crippen LogP contribution in [-0.2, 0) is 5.54 Å². The van der Waals surface area contributed by atoms with Crippen LogP contribution in [0.3, 0.4) is 0 Å². The average Bonchev–Trinajstić information content (AvgIpc) is 3.24. The predicted molar refractivity (Wildman–Crippen MR) is 108 cm³/mol. The molecule has 0 unspecified atom stereocenters. The van der Waals surface area contributed by atoms with E-state index in [0.29, 0.717) is 23.4 Å². The van der Waals surface area contributed by atoms with Crippen molar-refractivity contribution in [3.63, 3.8) is 0 Å². The van der Waals surface area contributed by atoms with Crippen molar-refractivity contribution in [2.75, 3.05) is 18.4 Å². The number of nitriles is 1. The lowest BCUT2D eigenvalue weighted by atomic mass is 9.84. The maximum absolute atomic E-state index is 12.1. The Hall–Kier alpha value is -2.96. The summed E-state index contributed by atoms with van der Waals surface area (Å²) in [5.41, 5.74) is 8.00. The Labute approximate surface area is 169 Å². The summed E-state index contributed by atoms with van der Waals surface area (Å²) in [6, 6.07) is 7.58. The molecule has 1 aliphatic rings. The lowest BCUT2D eigenvalue weighted by molar-refractivity contribution is 0.100. The highest BCUT2D eigenvalue weighted by Gasteiger charge is 2.44. The van der Waals surface area contributed by atoms with Gasteiger partial charge in [-0.3, -0.25) is 9.78 Å². The minimum Gasteiger partial charge on any atom is -0.370 e. The van der Waals surface area contributed by atoms with Gasteiger partial charge in [0.15, 0.2) is 0 Å². The Morgan fingerprint density at radius 2 is 2.32 bits per heavy atom. The lowest BCUT2D eigenvalue weighted by Gasteiger charge is -2.35. The first-order chi connectivity index (χ1) is 13.4. The number of hydrogen-bond acceptors (Lipinski definition) is 6. The van der Waals surface area contributed by atoms with Gasteiger partial charge in [0, 0.05) is 30.0 Å². The van der Waals surface area contributed by atoms with Crippen LogP contribution in [0.2, 0.25) is 0 Å². The summed E-state index contributed by atoms with van der Waals surface area (Å²) in [5, 5.41) is 20.3. The van der Waals surface area contributed by atoms with Crippen molar-refractivity contribution >= 4 is 33.0 Å². The SMILES string of the molecule is C[C@H]1CNC[C@]1(Nc1c(C(N)=O)cnn2cc(Br)cc12)c1ccc(C#N)cn1. The molecule has 4 heterocycles. The van der Waals surface area contributed by atoms with Crippen molar-refractivity contribution in [2.24, 2.45) is 11.7 Å². The van der Waals surface area contributed by atoms with E-state index in [1.165, 1.54) is 6.20 Å². The number of carbonyl (C=O) groups is 1. The van der Waals surface area contributed by atoms with Gasteiger partial charge in [-0.2, -0.15) is 10.4 Å². The molecule has 28 heavy (non-hydrogen) atoms. The number of nitrogens with one attached hydrogen (secondary N) is 2. The Morgan fingerprint density at radius 1 is 1.50 bits per heavy atom. The van der Waals surface area contributed by atoms with Gasteiger partial charge in [0.2, 0.25) is 0 Å². The summed E-state index contributed by atoms with van der Waals surface area (Å²) in [6.45, 7) is 3.51. The van der Waals surface area contributed by atoms with E-state index in [9.17, 15) is 4.79 Å². The average molecular weight is 440 g/mol. The highest BCUT2D eigenvalue weighted by Crippen LogP contribution is 2.38. The highest BCUT2D eigenvalue weighted by molar-refractivity contribution is 9.10. The van der Waals surface area contributed by atoms with Crippen molar-refractivity contribution in [2.45, 2.75) is 12.5 Å². The van der Waals surface area contributed by atoms with Crippen molar-refractivity contribution < 1.29 is 4.79 Å². The number of hydrogen-bond donors (Lipinski definition) is 3. The van der Waals surface area contributed by atoms with Crippen LogP contribution in [0.4, 0.5) is 5.69 Å². The van der Waals surface area contributed by atoms with Gasteiger partial charge in [-0.25, -0.2) is 4.52 Å². The predicted octanol–water partition coefficient (Wildman–Crippen LogP) is 2.01. The van der Waals surface area contributed by atoms with Crippen LogP contribution < -0.4 is 16.4 Å². The molecular weight excluding hydrogens is 422 g/mol. The van der Waals surface area contributed by atoms with Gasteiger partial charge in [-0.15, -0.1) is 0 Å². The number of rotatable bonds is 4. The molecule has 3 aromatic rings. The molecule has 0 radical (unpaired) electrons. The van der Waals surface area contributed by atoms with Crippen LogP contribution >= 0.6 is 15.9 Å². The molecule has 4 N–H and O–H groups in total. The monoisotopic (exact) mass is 439 g/mol. The molecule has 0 aliphatic carbocycles. The number of primary amides is 1. The topological polar surface area (TPSA) is 121 Å². The number of halogens is 1. The molecule has 3 aromatic heterocycles. The van der Waals surface area contributed by atoms with Gasteiger partial charge < -0.3 is 16.4 Å². The normalized spacial score (nSPS) is 21.5. The van der Waals surface area contributed by atoms with E-state index in [-0.39, 0.29) is 5.92 Å². The van der Waals surface area contributed by atoms with Crippen LogP contribution in [0.25, 0.3) is 5.52 Å². The van der Waals surface area contributed by atoms with Crippen molar-refractivity contribution in [1.29, 1.82) is 5.26 Å². The number of amides is 1. The summed E-state index contributed by atoms with van der Waals surface area (Å²) in [5.74, 6) is -0.392. The number of anilines is 1. The molecule has 0 spiro atoms. The second kappa shape index (κ2) is 6.89. The molecule has 2 atom stereocenters. The maximum atomic E-state index is 12.1. The Morgan fingerprint density at radius 3 is 2.93 bits per heavy atom. The fourth-order valence-corrected chi connectivity index (χ4v) is 4.11. The minimum atomic E-state index is -0.573. The molecule has 9 heteroatoms. The van der Waals surface area contributed by atoms with Crippen LogP contribution in [0, 0.1) is 17.2 Å². The molecular formula is C19H18BrN7O. The number of carbonyl (C=O) groups excluding carboxylic acids is 1. The van der Waals surface area contributed by atoms with Gasteiger partial charge in [-0.05, 0) is 40.0 Å². The Balaban J connectivity index is 1.89. The fraction of sp³-hybridized carbons (Fsp3) is 0.263. The van der Waals surface area contributed by atoms with Crippen LogP contribution in [0.15, 0.2) is 41.3 Å². The van der Waals surface area contributed by atoms with Crippen molar-refractivity contribution in [3.05, 3.63) is 58.1 Å². The molecule has 0 bridgehead atoms. The van der Waals surface area contributed by atoms with Gasteiger partial charge >= 0.3 is 0 Å². The summed E-state index contributed by atoms with van der Waals surface area (Å²) in [6.07, 6.45) is 4.85. The van der Waals surface area contributed by atoms with E-state index in [4.69, 9.17) is 11.0 Å². The molecule has 1 aliphatic heterocycles. The Bertz CT molecular complexity index is 1100. The van der Waals surface area contributed by atoms with Crippen molar-refractivity contribution in [3.8, 4) is 6.07 Å². The molecule has 4 rings (SSSR count). The lowest BCUT2D eigenvalue weighted by Crippen LogP contribution is -2.43. The largest absolute Gasteiger partial charge is 0.370 e. The number of pyridine rings is 1. The van der Waals surface area contributed by atoms with Crippen LogP contribution in [0.5, 0.6) is 0 Å². The first-order valence-corrected chi connectivity index (χ1v) is 9.56. The molecule has 142 valence electrons. The molecule has 1 saturated heterocycles. The molecule has 0 saturated carbocycles. The quantitative estimate of drug-likeness (QED) is 0.571. The number of fused-ring (bicyclic) bond motifs is 1. The number of aromatic nitrogens is 3. The molecule has 1 fully saturated rings. The molecule has 8 nitrogen and oxygen atoms in total. The second-order valence-electron chi connectivity index (χ2n) is 6.96. The number of nitrogens with two attached hydrogens (primary N) is 1. The van der Waals surface area contributed by atoms with E-state index in [2.05, 4.69) is 49.6 Å². The second-order valence-corrected chi connectivity index (χ2v) is 7.87.